The largest absolute Gasteiger partial charge is 0.355 e. The Labute approximate surface area is 146 Å². The summed E-state index contributed by atoms with van der Waals surface area (Å²) in [6.45, 7) is 0.910. The van der Waals surface area contributed by atoms with Crippen LogP contribution in [0.25, 0.3) is 0 Å². The lowest BCUT2D eigenvalue weighted by Gasteiger charge is -2.35. The molecule has 5 nitrogen and oxygen atoms in total. The molecule has 1 aromatic rings. The van der Waals surface area contributed by atoms with Gasteiger partial charge in [-0.1, -0.05) is 25.3 Å². The van der Waals surface area contributed by atoms with Crippen LogP contribution < -0.4 is 5.32 Å². The Bertz CT molecular complexity index is 590. The molecule has 3 rings (SSSR count). The summed E-state index contributed by atoms with van der Waals surface area (Å²) in [4.78, 5) is 38.5. The minimum Gasteiger partial charge on any atom is -0.355 e. The molecule has 6 heteroatoms. The average molecular weight is 348 g/mol. The van der Waals surface area contributed by atoms with Crippen LogP contribution in [-0.2, 0) is 19.8 Å². The molecular weight excluding hydrogens is 324 g/mol. The second kappa shape index (κ2) is 7.47. The van der Waals surface area contributed by atoms with E-state index < -0.39 is 0 Å². The maximum Gasteiger partial charge on any atom is 0.231 e. The maximum atomic E-state index is 12.9. The van der Waals surface area contributed by atoms with Gasteiger partial charge in [-0.3, -0.25) is 19.3 Å². The van der Waals surface area contributed by atoms with E-state index in [0.717, 1.165) is 30.6 Å². The van der Waals surface area contributed by atoms with Crippen molar-refractivity contribution in [2.45, 2.75) is 56.8 Å². The molecule has 1 N–H and O–H groups in total. The summed E-state index contributed by atoms with van der Waals surface area (Å²) >= 11 is 1.66. The monoisotopic (exact) mass is 348 g/mol. The fourth-order valence-corrected chi connectivity index (χ4v) is 4.76. The lowest BCUT2D eigenvalue weighted by molar-refractivity contribution is -0.138. The number of amides is 3. The Balaban J connectivity index is 1.55. The molecule has 2 heterocycles. The van der Waals surface area contributed by atoms with E-state index in [-0.39, 0.29) is 23.1 Å². The van der Waals surface area contributed by atoms with Crippen LogP contribution in [0.15, 0.2) is 17.5 Å². The number of rotatable bonds is 6. The van der Waals surface area contributed by atoms with Gasteiger partial charge in [0.05, 0.1) is 5.41 Å². The first-order chi connectivity index (χ1) is 11.6. The van der Waals surface area contributed by atoms with E-state index in [9.17, 15) is 14.4 Å². The van der Waals surface area contributed by atoms with Crippen molar-refractivity contribution in [3.05, 3.63) is 22.4 Å². The lowest BCUT2D eigenvalue weighted by Crippen LogP contribution is -2.46. The molecule has 0 radical (unpaired) electrons. The molecule has 0 spiro atoms. The topological polar surface area (TPSA) is 66.5 Å². The van der Waals surface area contributed by atoms with E-state index >= 15 is 0 Å². The number of hydrogen-bond donors (Lipinski definition) is 1. The van der Waals surface area contributed by atoms with Crippen LogP contribution >= 0.6 is 11.3 Å². The molecule has 0 atom stereocenters. The number of nitrogens with zero attached hydrogens (tertiary/aromatic N) is 1. The summed E-state index contributed by atoms with van der Waals surface area (Å²) in [5.41, 5.74) is -0.383. The fourth-order valence-electron chi connectivity index (χ4n) is 3.77. The minimum absolute atomic E-state index is 0.0892. The van der Waals surface area contributed by atoms with Gasteiger partial charge < -0.3 is 5.32 Å². The predicted molar refractivity (Wildman–Crippen MR) is 92.7 cm³/mol. The highest BCUT2D eigenvalue weighted by Crippen LogP contribution is 2.41. The Morgan fingerprint density at radius 1 is 1.17 bits per heavy atom. The Morgan fingerprint density at radius 2 is 1.88 bits per heavy atom. The highest BCUT2D eigenvalue weighted by atomic mass is 32.1. The zero-order valence-electron chi connectivity index (χ0n) is 13.9. The predicted octanol–water partition coefficient (Wildman–Crippen LogP) is 2.61. The van der Waals surface area contributed by atoms with Gasteiger partial charge in [0, 0.05) is 30.8 Å². The molecule has 0 aromatic carbocycles. The zero-order chi connectivity index (χ0) is 17.0. The van der Waals surface area contributed by atoms with Gasteiger partial charge >= 0.3 is 0 Å². The number of carbonyl (C=O) groups excluding carboxylic acids is 3. The molecule has 3 amide bonds. The number of thiophene rings is 1. The highest BCUT2D eigenvalue weighted by molar-refractivity contribution is 7.10. The van der Waals surface area contributed by atoms with Crippen molar-refractivity contribution in [2.24, 2.45) is 0 Å². The number of imide groups is 1. The number of hydrogen-bond acceptors (Lipinski definition) is 4. The molecule has 0 unspecified atom stereocenters. The number of nitrogens with one attached hydrogen (secondary N) is 1. The summed E-state index contributed by atoms with van der Waals surface area (Å²) in [6.07, 6.45) is 6.44. The van der Waals surface area contributed by atoms with Crippen molar-refractivity contribution in [1.29, 1.82) is 0 Å². The van der Waals surface area contributed by atoms with Crippen LogP contribution in [0.5, 0.6) is 0 Å². The molecule has 2 aliphatic rings. The first-order valence-corrected chi connectivity index (χ1v) is 9.67. The summed E-state index contributed by atoms with van der Waals surface area (Å²) in [5, 5.41) is 5.08. The summed E-state index contributed by atoms with van der Waals surface area (Å²) in [7, 11) is 0. The van der Waals surface area contributed by atoms with Crippen LogP contribution in [0, 0.1) is 0 Å². The molecule has 2 fully saturated rings. The van der Waals surface area contributed by atoms with Crippen LogP contribution in [0.2, 0.25) is 0 Å². The van der Waals surface area contributed by atoms with Crippen molar-refractivity contribution >= 4 is 29.1 Å². The van der Waals surface area contributed by atoms with Gasteiger partial charge in [-0.15, -0.1) is 11.3 Å². The van der Waals surface area contributed by atoms with E-state index in [2.05, 4.69) is 11.4 Å². The van der Waals surface area contributed by atoms with Gasteiger partial charge in [0.1, 0.15) is 0 Å². The minimum atomic E-state index is -0.383. The first-order valence-electron chi connectivity index (χ1n) is 8.79. The highest BCUT2D eigenvalue weighted by Gasteiger charge is 2.41. The third-order valence-electron chi connectivity index (χ3n) is 5.13. The van der Waals surface area contributed by atoms with E-state index in [1.54, 1.807) is 11.3 Å². The summed E-state index contributed by atoms with van der Waals surface area (Å²) in [5.74, 6) is -0.0777. The van der Waals surface area contributed by atoms with E-state index in [1.165, 1.54) is 11.3 Å². The lowest BCUT2D eigenvalue weighted by atomic mass is 9.72. The van der Waals surface area contributed by atoms with Crippen molar-refractivity contribution < 1.29 is 14.4 Å². The van der Waals surface area contributed by atoms with E-state index in [0.29, 0.717) is 32.4 Å². The van der Waals surface area contributed by atoms with Gasteiger partial charge in [0.2, 0.25) is 17.7 Å². The molecule has 1 aliphatic heterocycles. The van der Waals surface area contributed by atoms with Crippen LogP contribution in [-0.4, -0.2) is 35.7 Å². The third kappa shape index (κ3) is 3.38. The molecule has 0 bridgehead atoms. The van der Waals surface area contributed by atoms with E-state index in [1.807, 2.05) is 11.4 Å². The molecule has 1 aromatic heterocycles. The van der Waals surface area contributed by atoms with Gasteiger partial charge in [-0.05, 0) is 30.7 Å². The normalized spacial score (nSPS) is 20.4. The SMILES string of the molecule is O=C1CCC(=O)N1CCCNC(=O)C1(c2cccs2)CCCCC1. The van der Waals surface area contributed by atoms with Gasteiger partial charge in [0.15, 0.2) is 0 Å². The molecule has 130 valence electrons. The van der Waals surface area contributed by atoms with E-state index in [4.69, 9.17) is 0 Å². The van der Waals surface area contributed by atoms with Crippen LogP contribution in [0.1, 0.15) is 56.2 Å². The maximum absolute atomic E-state index is 12.9. The molecule has 1 saturated carbocycles. The molecule has 24 heavy (non-hydrogen) atoms. The van der Waals surface area contributed by atoms with Gasteiger partial charge in [-0.25, -0.2) is 0 Å². The first kappa shape index (κ1) is 17.1. The van der Waals surface area contributed by atoms with Crippen molar-refractivity contribution in [3.8, 4) is 0 Å². The second-order valence-electron chi connectivity index (χ2n) is 6.67. The zero-order valence-corrected chi connectivity index (χ0v) is 14.7. The standard InChI is InChI=1S/C18H24N2O3S/c21-15-7-8-16(22)20(15)12-5-11-19-17(23)18(9-2-1-3-10-18)14-6-4-13-24-14/h4,6,13H,1-3,5,7-12H2,(H,19,23). The molecular formula is C18H24N2O3S. The third-order valence-corrected chi connectivity index (χ3v) is 6.21. The number of carbonyl (C=O) groups is 3. The fraction of sp³-hybridized carbons (Fsp3) is 0.611. The van der Waals surface area contributed by atoms with Gasteiger partial charge in [0.25, 0.3) is 0 Å². The van der Waals surface area contributed by atoms with Crippen molar-refractivity contribution in [3.63, 3.8) is 0 Å². The van der Waals surface area contributed by atoms with Crippen LogP contribution in [0.4, 0.5) is 0 Å². The second-order valence-corrected chi connectivity index (χ2v) is 7.62. The Kier molecular flexibility index (Phi) is 5.33. The number of likely N-dealkylation sites (tertiary alicyclic amines) is 1. The molecule has 1 saturated heterocycles. The van der Waals surface area contributed by atoms with Crippen LogP contribution in [0.3, 0.4) is 0 Å². The summed E-state index contributed by atoms with van der Waals surface area (Å²) < 4.78 is 0. The average Bonchev–Trinajstić information content (AvgIpc) is 3.24. The smallest absolute Gasteiger partial charge is 0.231 e. The molecule has 1 aliphatic carbocycles. The summed E-state index contributed by atoms with van der Waals surface area (Å²) in [6, 6.07) is 4.07. The quantitative estimate of drug-likeness (QED) is 0.635. The Hall–Kier alpha value is -1.69. The Morgan fingerprint density at radius 3 is 2.50 bits per heavy atom. The van der Waals surface area contributed by atoms with Crippen molar-refractivity contribution in [1.82, 2.24) is 10.2 Å². The van der Waals surface area contributed by atoms with Crippen molar-refractivity contribution in [2.75, 3.05) is 13.1 Å². The van der Waals surface area contributed by atoms with Gasteiger partial charge in [-0.2, -0.15) is 0 Å².